The van der Waals surface area contributed by atoms with Gasteiger partial charge in [-0.3, -0.25) is 9.59 Å². The maximum atomic E-state index is 12.7. The first-order valence-corrected chi connectivity index (χ1v) is 8.76. The van der Waals surface area contributed by atoms with E-state index in [1.54, 1.807) is 23.6 Å². The van der Waals surface area contributed by atoms with Gasteiger partial charge in [-0.2, -0.15) is 0 Å². The van der Waals surface area contributed by atoms with Gasteiger partial charge in [0.2, 0.25) is 11.8 Å². The molecule has 2 aliphatic heterocycles. The van der Waals surface area contributed by atoms with Crippen molar-refractivity contribution in [2.75, 3.05) is 26.2 Å². The molecule has 0 aromatic rings. The third-order valence-corrected chi connectivity index (χ3v) is 4.69. The van der Waals surface area contributed by atoms with Gasteiger partial charge in [-0.05, 0) is 27.7 Å². The number of rotatable bonds is 3. The van der Waals surface area contributed by atoms with Crippen LogP contribution in [0.5, 0.6) is 0 Å². The predicted molar refractivity (Wildman–Crippen MR) is 90.7 cm³/mol. The maximum Gasteiger partial charge on any atom is 0.410 e. The minimum Gasteiger partial charge on any atom is -0.444 e. The van der Waals surface area contributed by atoms with Crippen molar-refractivity contribution < 1.29 is 24.2 Å². The highest BCUT2D eigenvalue weighted by molar-refractivity contribution is 5.90. The van der Waals surface area contributed by atoms with Crippen molar-refractivity contribution in [2.45, 2.75) is 52.4 Å². The molecule has 0 aromatic heterocycles. The molecule has 2 heterocycles. The zero-order valence-electron chi connectivity index (χ0n) is 15.6. The molecule has 8 heteroatoms. The Kier molecular flexibility index (Phi) is 5.61. The Bertz CT molecular complexity index is 535. The predicted octanol–water partition coefficient (Wildman–Crippen LogP) is 0.197. The molecule has 25 heavy (non-hydrogen) atoms. The average molecular weight is 355 g/mol. The molecule has 142 valence electrons. The van der Waals surface area contributed by atoms with E-state index < -0.39 is 23.5 Å². The Morgan fingerprint density at radius 2 is 1.68 bits per heavy atom. The van der Waals surface area contributed by atoms with Crippen molar-refractivity contribution in [2.24, 2.45) is 11.8 Å². The Morgan fingerprint density at radius 3 is 2.12 bits per heavy atom. The van der Waals surface area contributed by atoms with Gasteiger partial charge in [-0.15, -0.1) is 0 Å². The van der Waals surface area contributed by atoms with E-state index in [2.05, 4.69) is 5.32 Å². The second-order valence-corrected chi connectivity index (χ2v) is 7.88. The quantitative estimate of drug-likeness (QED) is 0.705. The number of hydrogen-bond acceptors (Lipinski definition) is 5. The number of carbonyl (C=O) groups is 3. The van der Waals surface area contributed by atoms with Crippen molar-refractivity contribution in [1.29, 1.82) is 0 Å². The average Bonchev–Trinajstić information content (AvgIpc) is 2.49. The number of aliphatic hydroxyl groups is 1. The molecule has 0 bridgehead atoms. The molecule has 2 aliphatic rings. The van der Waals surface area contributed by atoms with E-state index >= 15 is 0 Å². The first-order chi connectivity index (χ1) is 11.5. The molecule has 2 saturated heterocycles. The monoisotopic (exact) mass is 355 g/mol. The fourth-order valence-corrected chi connectivity index (χ4v) is 3.25. The smallest absolute Gasteiger partial charge is 0.410 e. The molecule has 3 amide bonds. The van der Waals surface area contributed by atoms with E-state index in [0.717, 1.165) is 0 Å². The Labute approximate surface area is 148 Å². The Morgan fingerprint density at radius 1 is 1.16 bits per heavy atom. The van der Waals surface area contributed by atoms with Gasteiger partial charge in [0.1, 0.15) is 5.60 Å². The summed E-state index contributed by atoms with van der Waals surface area (Å²) >= 11 is 0. The van der Waals surface area contributed by atoms with E-state index in [1.165, 1.54) is 0 Å². The van der Waals surface area contributed by atoms with Gasteiger partial charge in [0.15, 0.2) is 0 Å². The molecule has 2 fully saturated rings. The van der Waals surface area contributed by atoms with Crippen molar-refractivity contribution in [3.63, 3.8) is 0 Å². The van der Waals surface area contributed by atoms with Gasteiger partial charge in [-0.25, -0.2) is 4.79 Å². The molecule has 4 atom stereocenters. The lowest BCUT2D eigenvalue weighted by Crippen LogP contribution is -2.66. The highest BCUT2D eigenvalue weighted by Crippen LogP contribution is 2.27. The second-order valence-electron chi connectivity index (χ2n) is 7.88. The number of aliphatic hydroxyl groups excluding tert-OH is 1. The van der Waals surface area contributed by atoms with Crippen molar-refractivity contribution >= 4 is 17.9 Å². The fraction of sp³-hybridized carbons (Fsp3) is 0.824. The van der Waals surface area contributed by atoms with Crippen LogP contribution in [0, 0.1) is 11.8 Å². The van der Waals surface area contributed by atoms with Crippen molar-refractivity contribution in [3.8, 4) is 0 Å². The molecule has 2 N–H and O–H groups in total. The molecule has 0 saturated carbocycles. The fourth-order valence-electron chi connectivity index (χ4n) is 3.25. The van der Waals surface area contributed by atoms with E-state index in [4.69, 9.17) is 4.74 Å². The van der Waals surface area contributed by atoms with Gasteiger partial charge >= 0.3 is 6.09 Å². The topological polar surface area (TPSA) is 99.2 Å². The molecule has 0 spiro atoms. The lowest BCUT2D eigenvalue weighted by Gasteiger charge is -2.43. The Hall–Kier alpha value is -1.83. The zero-order valence-corrected chi connectivity index (χ0v) is 15.6. The molecule has 0 aromatic carbocycles. The number of nitrogens with zero attached hydrogens (tertiary/aromatic N) is 2. The van der Waals surface area contributed by atoms with Crippen LogP contribution < -0.4 is 5.32 Å². The van der Waals surface area contributed by atoms with Crippen LogP contribution in [-0.4, -0.2) is 76.7 Å². The van der Waals surface area contributed by atoms with Crippen LogP contribution in [0.3, 0.4) is 0 Å². The highest BCUT2D eigenvalue weighted by atomic mass is 16.6. The summed E-state index contributed by atoms with van der Waals surface area (Å²) in [5.74, 6) is -1.23. The van der Waals surface area contributed by atoms with Crippen molar-refractivity contribution in [3.05, 3.63) is 0 Å². The summed E-state index contributed by atoms with van der Waals surface area (Å²) < 4.78 is 5.35. The molecule has 0 radical (unpaired) electrons. The Balaban J connectivity index is 1.87. The van der Waals surface area contributed by atoms with Crippen LogP contribution in [0.1, 0.15) is 34.6 Å². The lowest BCUT2D eigenvalue weighted by atomic mass is 9.78. The molecule has 0 aliphatic carbocycles. The van der Waals surface area contributed by atoms with Crippen LogP contribution in [-0.2, 0) is 14.3 Å². The number of nitrogens with one attached hydrogen (secondary N) is 1. The van der Waals surface area contributed by atoms with E-state index in [0.29, 0.717) is 26.2 Å². The lowest BCUT2D eigenvalue weighted by molar-refractivity contribution is -0.149. The summed E-state index contributed by atoms with van der Waals surface area (Å²) in [5, 5.41) is 12.4. The summed E-state index contributed by atoms with van der Waals surface area (Å²) in [6, 6.07) is -0.344. The third-order valence-electron chi connectivity index (χ3n) is 4.69. The van der Waals surface area contributed by atoms with Crippen LogP contribution in [0.4, 0.5) is 4.79 Å². The number of piperazine rings is 1. The maximum absolute atomic E-state index is 12.7. The zero-order chi connectivity index (χ0) is 18.9. The van der Waals surface area contributed by atoms with Gasteiger partial charge < -0.3 is 25.0 Å². The summed E-state index contributed by atoms with van der Waals surface area (Å²) in [7, 11) is 0. The summed E-state index contributed by atoms with van der Waals surface area (Å²) in [6.07, 6.45) is -1.15. The first kappa shape index (κ1) is 19.5. The van der Waals surface area contributed by atoms with E-state index in [1.807, 2.05) is 20.8 Å². The van der Waals surface area contributed by atoms with Crippen molar-refractivity contribution in [1.82, 2.24) is 15.1 Å². The standard InChI is InChI=1S/C17H29N3O5/c1-10(13-12(11(2)21)14(22)18-13)15(23)19-6-8-20(9-7-19)16(24)25-17(3,4)5/h10-13,21H,6-9H2,1-5H3,(H,18,22)/t10-,11-,12-,13-/m1/s1. The SMILES string of the molecule is C[C@@H](O)[C@H]1C(=O)N[C@@H]1[C@@H](C)C(=O)N1CCN(C(=O)OC(C)(C)C)CC1. The van der Waals surface area contributed by atoms with Crippen LogP contribution in [0.25, 0.3) is 0 Å². The number of β-lactam (4-membered cyclic amide) rings is 1. The normalized spacial score (nSPS) is 26.4. The van der Waals surface area contributed by atoms with Gasteiger partial charge in [-0.1, -0.05) is 6.92 Å². The first-order valence-electron chi connectivity index (χ1n) is 8.76. The number of ether oxygens (including phenoxy) is 1. The largest absolute Gasteiger partial charge is 0.444 e. The molecule has 2 rings (SSSR count). The van der Waals surface area contributed by atoms with Gasteiger partial charge in [0, 0.05) is 26.2 Å². The second kappa shape index (κ2) is 7.19. The summed E-state index contributed by atoms with van der Waals surface area (Å²) in [5.41, 5.74) is -0.545. The number of hydrogen-bond donors (Lipinski definition) is 2. The van der Waals surface area contributed by atoms with Crippen LogP contribution >= 0.6 is 0 Å². The molecular formula is C17H29N3O5. The van der Waals surface area contributed by atoms with E-state index in [-0.39, 0.29) is 23.9 Å². The van der Waals surface area contributed by atoms with Gasteiger partial charge in [0.05, 0.1) is 24.0 Å². The molecule has 8 nitrogen and oxygen atoms in total. The minimum absolute atomic E-state index is 0.0699. The summed E-state index contributed by atoms with van der Waals surface area (Å²) in [4.78, 5) is 39.6. The third kappa shape index (κ3) is 4.42. The number of carbonyl (C=O) groups excluding carboxylic acids is 3. The van der Waals surface area contributed by atoms with E-state index in [9.17, 15) is 19.5 Å². The minimum atomic E-state index is -0.780. The van der Waals surface area contributed by atoms with Gasteiger partial charge in [0.25, 0.3) is 0 Å². The summed E-state index contributed by atoms with van der Waals surface area (Å²) in [6.45, 7) is 10.5. The molecule has 0 unspecified atom stereocenters. The van der Waals surface area contributed by atoms with Crippen LogP contribution in [0.2, 0.25) is 0 Å². The number of amides is 3. The van der Waals surface area contributed by atoms with Crippen LogP contribution in [0.15, 0.2) is 0 Å². The molecular weight excluding hydrogens is 326 g/mol. The highest BCUT2D eigenvalue weighted by Gasteiger charge is 2.48.